The molecule has 0 aliphatic carbocycles. The molecule has 0 fully saturated rings. The van der Waals surface area contributed by atoms with Crippen molar-refractivity contribution in [2.24, 2.45) is 0 Å². The average Bonchev–Trinajstić information content (AvgIpc) is 2.46. The summed E-state index contributed by atoms with van der Waals surface area (Å²) in [6.07, 6.45) is 2.08. The van der Waals surface area contributed by atoms with Crippen molar-refractivity contribution in [1.29, 1.82) is 0 Å². The van der Waals surface area contributed by atoms with Crippen LogP contribution >= 0.6 is 0 Å². The highest BCUT2D eigenvalue weighted by molar-refractivity contribution is 5.90. The zero-order valence-electron chi connectivity index (χ0n) is 11.9. The normalized spacial score (nSPS) is 11.3. The summed E-state index contributed by atoms with van der Waals surface area (Å²) in [5, 5.41) is 8.57. The van der Waals surface area contributed by atoms with E-state index in [-0.39, 0.29) is 17.9 Å². The molecule has 0 aromatic heterocycles. The van der Waals surface area contributed by atoms with Crippen molar-refractivity contribution >= 4 is 23.2 Å². The van der Waals surface area contributed by atoms with Gasteiger partial charge in [0.15, 0.2) is 0 Å². The molecule has 1 rings (SSSR count). The van der Waals surface area contributed by atoms with Crippen LogP contribution in [-0.2, 0) is 9.59 Å². The van der Waals surface area contributed by atoms with Crippen molar-refractivity contribution < 1.29 is 9.59 Å². The molecule has 1 unspecified atom stereocenters. The van der Waals surface area contributed by atoms with E-state index in [2.05, 4.69) is 22.5 Å². The molecule has 0 heterocycles. The summed E-state index contributed by atoms with van der Waals surface area (Å²) in [5.74, 6) is -0.115. The third-order valence-electron chi connectivity index (χ3n) is 2.69. The first-order valence-electron chi connectivity index (χ1n) is 6.62. The van der Waals surface area contributed by atoms with Gasteiger partial charge in [0.2, 0.25) is 11.8 Å². The van der Waals surface area contributed by atoms with Crippen LogP contribution in [0.25, 0.3) is 0 Å². The number of rotatable bonds is 7. The Bertz CT molecular complexity index is 469. The van der Waals surface area contributed by atoms with E-state index in [9.17, 15) is 9.59 Å². The Morgan fingerprint density at radius 2 is 1.85 bits per heavy atom. The number of hydrogen-bond acceptors (Lipinski definition) is 3. The Labute approximate surface area is 119 Å². The van der Waals surface area contributed by atoms with E-state index in [1.54, 1.807) is 32.1 Å². The van der Waals surface area contributed by atoms with Gasteiger partial charge < -0.3 is 16.0 Å². The van der Waals surface area contributed by atoms with Gasteiger partial charge in [-0.25, -0.2) is 0 Å². The maximum Gasteiger partial charge on any atom is 0.242 e. The largest absolute Gasteiger partial charge is 0.374 e. The van der Waals surface area contributed by atoms with Crippen LogP contribution in [0.15, 0.2) is 36.9 Å². The number of amides is 2. The fourth-order valence-corrected chi connectivity index (χ4v) is 1.54. The molecule has 0 saturated heterocycles. The Balaban J connectivity index is 2.54. The lowest BCUT2D eigenvalue weighted by Crippen LogP contribution is -2.37. The Morgan fingerprint density at radius 1 is 1.25 bits per heavy atom. The lowest BCUT2D eigenvalue weighted by molar-refractivity contribution is -0.121. The summed E-state index contributed by atoms with van der Waals surface area (Å²) < 4.78 is 0. The van der Waals surface area contributed by atoms with Gasteiger partial charge in [0.05, 0.1) is 0 Å². The number of anilines is 2. The molecule has 0 spiro atoms. The molecule has 1 atom stereocenters. The number of hydrogen-bond donors (Lipinski definition) is 3. The molecule has 1 aromatic carbocycles. The molecule has 1 aromatic rings. The fraction of sp³-hybridized carbons (Fsp3) is 0.333. The van der Waals surface area contributed by atoms with E-state index < -0.39 is 0 Å². The van der Waals surface area contributed by atoms with Crippen molar-refractivity contribution in [2.75, 3.05) is 17.2 Å². The minimum Gasteiger partial charge on any atom is -0.374 e. The first-order chi connectivity index (χ1) is 9.56. The van der Waals surface area contributed by atoms with E-state index in [0.29, 0.717) is 13.0 Å². The molecule has 0 aliphatic rings. The monoisotopic (exact) mass is 275 g/mol. The maximum atomic E-state index is 11.7. The summed E-state index contributed by atoms with van der Waals surface area (Å²) in [5.41, 5.74) is 1.56. The van der Waals surface area contributed by atoms with Crippen molar-refractivity contribution in [3.63, 3.8) is 0 Å². The van der Waals surface area contributed by atoms with Crippen molar-refractivity contribution in [2.45, 2.75) is 26.3 Å². The van der Waals surface area contributed by atoms with Crippen molar-refractivity contribution in [1.82, 2.24) is 5.32 Å². The lowest BCUT2D eigenvalue weighted by atomic mass is 10.2. The second kappa shape index (κ2) is 7.99. The van der Waals surface area contributed by atoms with Gasteiger partial charge in [-0.1, -0.05) is 13.0 Å². The molecule has 108 valence electrons. The molecule has 0 bridgehead atoms. The minimum atomic E-state index is -0.342. The van der Waals surface area contributed by atoms with Crippen molar-refractivity contribution in [3.05, 3.63) is 36.9 Å². The average molecular weight is 275 g/mol. The summed E-state index contributed by atoms with van der Waals surface area (Å²) in [6.45, 7) is 7.58. The van der Waals surface area contributed by atoms with Gasteiger partial charge in [-0.3, -0.25) is 9.59 Å². The van der Waals surface area contributed by atoms with Crippen LogP contribution in [-0.4, -0.2) is 24.4 Å². The molecule has 0 aliphatic heterocycles. The number of nitrogens with one attached hydrogen (secondary N) is 3. The van der Waals surface area contributed by atoms with Gasteiger partial charge >= 0.3 is 0 Å². The number of carbonyl (C=O) groups is 2. The first kappa shape index (κ1) is 15.8. The van der Waals surface area contributed by atoms with Crippen LogP contribution in [0.1, 0.15) is 20.3 Å². The van der Waals surface area contributed by atoms with Gasteiger partial charge in [-0.2, -0.15) is 0 Å². The Hall–Kier alpha value is -2.30. The Morgan fingerprint density at radius 3 is 2.40 bits per heavy atom. The second-order valence-electron chi connectivity index (χ2n) is 4.38. The SMILES string of the molecule is C=CCNC(=O)C(C)Nc1ccc(NC(=O)CC)cc1. The highest BCUT2D eigenvalue weighted by Crippen LogP contribution is 2.14. The van der Waals surface area contributed by atoms with E-state index in [4.69, 9.17) is 0 Å². The van der Waals surface area contributed by atoms with Crippen LogP contribution < -0.4 is 16.0 Å². The maximum absolute atomic E-state index is 11.7. The van der Waals surface area contributed by atoms with Gasteiger partial charge in [0.1, 0.15) is 6.04 Å². The number of benzene rings is 1. The highest BCUT2D eigenvalue weighted by atomic mass is 16.2. The molecule has 20 heavy (non-hydrogen) atoms. The first-order valence-corrected chi connectivity index (χ1v) is 6.62. The molecular weight excluding hydrogens is 254 g/mol. The third-order valence-corrected chi connectivity index (χ3v) is 2.69. The van der Waals surface area contributed by atoms with Crippen LogP contribution in [0.2, 0.25) is 0 Å². The second-order valence-corrected chi connectivity index (χ2v) is 4.38. The Kier molecular flexibility index (Phi) is 6.29. The minimum absolute atomic E-state index is 0.0251. The quantitative estimate of drug-likeness (QED) is 0.668. The third kappa shape index (κ3) is 5.14. The van der Waals surface area contributed by atoms with E-state index >= 15 is 0 Å². The zero-order valence-corrected chi connectivity index (χ0v) is 11.9. The van der Waals surface area contributed by atoms with E-state index in [0.717, 1.165) is 11.4 Å². The van der Waals surface area contributed by atoms with Crippen LogP contribution in [0.3, 0.4) is 0 Å². The molecular formula is C15H21N3O2. The predicted octanol–water partition coefficient (Wildman–Crippen LogP) is 2.14. The predicted molar refractivity (Wildman–Crippen MR) is 81.7 cm³/mol. The van der Waals surface area contributed by atoms with Gasteiger partial charge in [-0.15, -0.1) is 6.58 Å². The van der Waals surface area contributed by atoms with Crippen molar-refractivity contribution in [3.8, 4) is 0 Å². The summed E-state index contributed by atoms with van der Waals surface area (Å²) in [6, 6.07) is 6.89. The number of carbonyl (C=O) groups excluding carboxylic acids is 2. The van der Waals surface area contributed by atoms with Crippen LogP contribution in [0.5, 0.6) is 0 Å². The molecule has 0 saturated carbocycles. The molecule has 5 nitrogen and oxygen atoms in total. The lowest BCUT2D eigenvalue weighted by Gasteiger charge is -2.15. The summed E-state index contributed by atoms with van der Waals surface area (Å²) >= 11 is 0. The van der Waals surface area contributed by atoms with E-state index in [1.807, 2.05) is 12.1 Å². The summed E-state index contributed by atoms with van der Waals surface area (Å²) in [4.78, 5) is 22.9. The zero-order chi connectivity index (χ0) is 15.0. The molecule has 0 radical (unpaired) electrons. The van der Waals surface area contributed by atoms with Gasteiger partial charge in [0.25, 0.3) is 0 Å². The standard InChI is InChI=1S/C15H21N3O2/c1-4-10-16-15(20)11(3)17-12-6-8-13(9-7-12)18-14(19)5-2/h4,6-9,11,17H,1,5,10H2,2-3H3,(H,16,20)(H,18,19). The highest BCUT2D eigenvalue weighted by Gasteiger charge is 2.11. The van der Waals surface area contributed by atoms with E-state index in [1.165, 1.54) is 0 Å². The van der Waals surface area contributed by atoms with Crippen LogP contribution in [0.4, 0.5) is 11.4 Å². The smallest absolute Gasteiger partial charge is 0.242 e. The van der Waals surface area contributed by atoms with Gasteiger partial charge in [-0.05, 0) is 31.2 Å². The molecule has 2 amide bonds. The van der Waals surface area contributed by atoms with Gasteiger partial charge in [0, 0.05) is 24.3 Å². The topological polar surface area (TPSA) is 70.2 Å². The fourth-order valence-electron chi connectivity index (χ4n) is 1.54. The molecule has 5 heteroatoms. The summed E-state index contributed by atoms with van der Waals surface area (Å²) in [7, 11) is 0. The molecule has 3 N–H and O–H groups in total. The van der Waals surface area contributed by atoms with Crippen LogP contribution in [0, 0.1) is 0 Å².